The van der Waals surface area contributed by atoms with Crippen molar-refractivity contribution in [3.05, 3.63) is 23.2 Å². The highest BCUT2D eigenvalue weighted by Gasteiger charge is 1.93. The minimum absolute atomic E-state index is 0.215. The molecule has 0 radical (unpaired) electrons. The quantitative estimate of drug-likeness (QED) is 0.571. The van der Waals surface area contributed by atoms with Gasteiger partial charge in [0.05, 0.1) is 0 Å². The highest BCUT2D eigenvalue weighted by molar-refractivity contribution is 7.27. The van der Waals surface area contributed by atoms with Crippen LogP contribution in [0.15, 0.2) is 18.2 Å². The summed E-state index contributed by atoms with van der Waals surface area (Å²) in [7, 11) is 2.40. The summed E-state index contributed by atoms with van der Waals surface area (Å²) in [5.41, 5.74) is 0. The molecule has 0 aromatic heterocycles. The van der Waals surface area contributed by atoms with Gasteiger partial charge in [0.15, 0.2) is 0 Å². The lowest BCUT2D eigenvalue weighted by molar-refractivity contribution is 0.480. The van der Waals surface area contributed by atoms with E-state index in [0.717, 1.165) is 5.30 Å². The van der Waals surface area contributed by atoms with Gasteiger partial charge in [0.1, 0.15) is 5.75 Å². The van der Waals surface area contributed by atoms with Gasteiger partial charge in [-0.25, -0.2) is 0 Å². The summed E-state index contributed by atoms with van der Waals surface area (Å²) in [4.78, 5) is 0. The maximum atomic E-state index is 8.99. The van der Waals surface area contributed by atoms with Gasteiger partial charge in [-0.1, -0.05) is 11.6 Å². The Morgan fingerprint density at radius 3 is 2.56 bits per heavy atom. The van der Waals surface area contributed by atoms with E-state index in [0.29, 0.717) is 5.02 Å². The zero-order chi connectivity index (χ0) is 6.85. The van der Waals surface area contributed by atoms with E-state index < -0.39 is 0 Å². The number of rotatable bonds is 0. The van der Waals surface area contributed by atoms with Crippen LogP contribution in [0.5, 0.6) is 5.75 Å². The van der Waals surface area contributed by atoms with Gasteiger partial charge in [-0.05, 0) is 18.2 Å². The zero-order valence-electron chi connectivity index (χ0n) is 4.63. The fourth-order valence-corrected chi connectivity index (χ4v) is 0.863. The first-order valence-electron chi connectivity index (χ1n) is 2.44. The van der Waals surface area contributed by atoms with Crippen molar-refractivity contribution in [2.75, 3.05) is 0 Å². The van der Waals surface area contributed by atoms with Crippen molar-refractivity contribution in [2.24, 2.45) is 0 Å². The van der Waals surface area contributed by atoms with Crippen LogP contribution in [0, 0.1) is 0 Å². The van der Waals surface area contributed by atoms with Gasteiger partial charge in [0, 0.05) is 10.3 Å². The van der Waals surface area contributed by atoms with Crippen molar-refractivity contribution in [3.8, 4) is 5.75 Å². The van der Waals surface area contributed by atoms with Gasteiger partial charge in [0.25, 0.3) is 0 Å². The molecule has 1 nitrogen and oxygen atoms in total. The Morgan fingerprint density at radius 1 is 1.44 bits per heavy atom. The monoisotopic (exact) mass is 160 g/mol. The molecule has 0 aliphatic heterocycles. The van der Waals surface area contributed by atoms with Crippen LogP contribution < -0.4 is 5.30 Å². The van der Waals surface area contributed by atoms with Crippen molar-refractivity contribution < 1.29 is 5.11 Å². The molecule has 1 atom stereocenters. The van der Waals surface area contributed by atoms with E-state index in [1.54, 1.807) is 12.1 Å². The van der Waals surface area contributed by atoms with E-state index in [1.807, 2.05) is 0 Å². The first-order chi connectivity index (χ1) is 4.20. The lowest BCUT2D eigenvalue weighted by atomic mass is 10.3. The second-order valence-corrected chi connectivity index (χ2v) is 2.76. The predicted molar refractivity (Wildman–Crippen MR) is 42.5 cm³/mol. The molecule has 0 fully saturated rings. The van der Waals surface area contributed by atoms with E-state index in [4.69, 9.17) is 16.7 Å². The van der Waals surface area contributed by atoms with Crippen molar-refractivity contribution in [2.45, 2.75) is 0 Å². The average Bonchev–Trinajstić information content (AvgIpc) is 1.80. The molecular formula is C6H6ClOP. The van der Waals surface area contributed by atoms with Crippen molar-refractivity contribution in [1.82, 2.24) is 0 Å². The average molecular weight is 161 g/mol. The van der Waals surface area contributed by atoms with Crippen LogP contribution in [0.1, 0.15) is 0 Å². The zero-order valence-corrected chi connectivity index (χ0v) is 6.55. The van der Waals surface area contributed by atoms with Crippen LogP contribution in [-0.4, -0.2) is 5.11 Å². The van der Waals surface area contributed by atoms with Crippen LogP contribution in [0.3, 0.4) is 0 Å². The Hall–Kier alpha value is -0.260. The molecule has 1 unspecified atom stereocenters. The molecule has 1 aromatic carbocycles. The summed E-state index contributed by atoms with van der Waals surface area (Å²) >= 11 is 5.55. The highest BCUT2D eigenvalue weighted by Crippen LogP contribution is 2.15. The molecule has 0 heterocycles. The largest absolute Gasteiger partial charge is 0.507 e. The van der Waals surface area contributed by atoms with Crippen LogP contribution >= 0.6 is 20.8 Å². The number of aromatic hydroxyl groups is 1. The SMILES string of the molecule is Oc1cc(Cl)ccc1P. The third-order valence-corrected chi connectivity index (χ3v) is 1.72. The molecule has 1 N–H and O–H groups in total. The molecule has 0 aliphatic carbocycles. The second-order valence-electron chi connectivity index (χ2n) is 1.70. The Labute approximate surface area is 60.9 Å². The Kier molecular flexibility index (Phi) is 1.94. The summed E-state index contributed by atoms with van der Waals surface area (Å²) in [6.45, 7) is 0. The van der Waals surface area contributed by atoms with E-state index in [1.165, 1.54) is 6.07 Å². The minimum atomic E-state index is 0.215. The summed E-state index contributed by atoms with van der Waals surface area (Å²) in [6.07, 6.45) is 0. The Balaban J connectivity index is 3.17. The molecular weight excluding hydrogens is 154 g/mol. The molecule has 1 rings (SSSR count). The second kappa shape index (κ2) is 2.55. The molecule has 0 amide bonds. The molecule has 0 aliphatic rings. The van der Waals surface area contributed by atoms with Crippen LogP contribution in [0.25, 0.3) is 0 Å². The normalized spacial score (nSPS) is 9.56. The minimum Gasteiger partial charge on any atom is -0.507 e. The molecule has 1 aromatic rings. The van der Waals surface area contributed by atoms with Crippen molar-refractivity contribution in [1.29, 1.82) is 0 Å². The van der Waals surface area contributed by atoms with Gasteiger partial charge < -0.3 is 5.11 Å². The molecule has 0 saturated carbocycles. The van der Waals surface area contributed by atoms with Crippen molar-refractivity contribution in [3.63, 3.8) is 0 Å². The lowest BCUT2D eigenvalue weighted by Crippen LogP contribution is -1.88. The van der Waals surface area contributed by atoms with E-state index in [-0.39, 0.29) is 5.75 Å². The van der Waals surface area contributed by atoms with Gasteiger partial charge in [-0.15, -0.1) is 9.24 Å². The van der Waals surface area contributed by atoms with Gasteiger partial charge in [0.2, 0.25) is 0 Å². The molecule has 9 heavy (non-hydrogen) atoms. The third kappa shape index (κ3) is 1.57. The summed E-state index contributed by atoms with van der Waals surface area (Å²) in [6, 6.07) is 4.97. The third-order valence-electron chi connectivity index (χ3n) is 0.992. The van der Waals surface area contributed by atoms with E-state index in [2.05, 4.69) is 9.24 Å². The first kappa shape index (κ1) is 6.85. The molecule has 3 heteroatoms. The number of benzene rings is 1. The number of hydrogen-bond acceptors (Lipinski definition) is 1. The summed E-state index contributed by atoms with van der Waals surface area (Å²) in [5, 5.41) is 10.3. The maximum Gasteiger partial charge on any atom is 0.124 e. The number of halogens is 1. The number of phenolic OH excluding ortho intramolecular Hbond substituents is 1. The van der Waals surface area contributed by atoms with Crippen LogP contribution in [0.2, 0.25) is 5.02 Å². The summed E-state index contributed by atoms with van der Waals surface area (Å²) < 4.78 is 0. The standard InChI is InChI=1S/C6H6ClOP/c7-4-1-2-6(9)5(8)3-4/h1-3,8H,9H2. The van der Waals surface area contributed by atoms with Crippen molar-refractivity contribution >= 4 is 26.1 Å². The van der Waals surface area contributed by atoms with Gasteiger partial charge in [-0.2, -0.15) is 0 Å². The van der Waals surface area contributed by atoms with Crippen LogP contribution in [0.4, 0.5) is 0 Å². The number of phenols is 1. The molecule has 0 spiro atoms. The predicted octanol–water partition coefficient (Wildman–Crippen LogP) is 1.55. The topological polar surface area (TPSA) is 20.2 Å². The molecule has 48 valence electrons. The molecule has 0 saturated heterocycles. The fourth-order valence-electron chi connectivity index (χ4n) is 0.517. The van der Waals surface area contributed by atoms with Gasteiger partial charge >= 0.3 is 0 Å². The van der Waals surface area contributed by atoms with E-state index >= 15 is 0 Å². The lowest BCUT2D eigenvalue weighted by Gasteiger charge is -1.95. The van der Waals surface area contributed by atoms with Gasteiger partial charge in [-0.3, -0.25) is 0 Å². The Bertz CT molecular complexity index is 224. The fraction of sp³-hybridized carbons (Fsp3) is 0. The molecule has 0 bridgehead atoms. The maximum absolute atomic E-state index is 8.99. The smallest absolute Gasteiger partial charge is 0.124 e. The highest BCUT2D eigenvalue weighted by atomic mass is 35.5. The Morgan fingerprint density at radius 2 is 2.11 bits per heavy atom. The summed E-state index contributed by atoms with van der Waals surface area (Å²) in [5.74, 6) is 0.215. The van der Waals surface area contributed by atoms with E-state index in [9.17, 15) is 0 Å². The first-order valence-corrected chi connectivity index (χ1v) is 3.39. The van der Waals surface area contributed by atoms with Crippen LogP contribution in [-0.2, 0) is 0 Å². The number of hydrogen-bond donors (Lipinski definition) is 1.